The Kier molecular flexibility index (Phi) is 7.46. The molecule has 1 N–H and O–H groups in total. The van der Waals surface area contributed by atoms with Gasteiger partial charge < -0.3 is 4.74 Å². The zero-order chi connectivity index (χ0) is 19.6. The highest BCUT2D eigenvalue weighted by atomic mass is 35.5. The van der Waals surface area contributed by atoms with E-state index in [0.717, 1.165) is 21.2 Å². The highest BCUT2D eigenvalue weighted by molar-refractivity contribution is 7.99. The van der Waals surface area contributed by atoms with E-state index in [0.29, 0.717) is 17.9 Å². The lowest BCUT2D eigenvalue weighted by Gasteiger charge is -2.09. The van der Waals surface area contributed by atoms with Gasteiger partial charge in [0.1, 0.15) is 5.75 Å². The second-order valence-corrected chi connectivity index (χ2v) is 7.23. The summed E-state index contributed by atoms with van der Waals surface area (Å²) in [5.74, 6) is 1.21. The van der Waals surface area contributed by atoms with Gasteiger partial charge in [-0.1, -0.05) is 23.7 Å². The number of rotatable bonds is 8. The molecule has 0 saturated heterocycles. The number of ether oxygens (including phenoxy) is 1. The van der Waals surface area contributed by atoms with Crippen LogP contribution in [0.3, 0.4) is 0 Å². The van der Waals surface area contributed by atoms with Crippen molar-refractivity contribution in [2.45, 2.75) is 4.90 Å². The Morgan fingerprint density at radius 2 is 1.86 bits per heavy atom. The van der Waals surface area contributed by atoms with Gasteiger partial charge in [-0.2, -0.15) is 5.10 Å². The lowest BCUT2D eigenvalue weighted by Crippen LogP contribution is -2.17. The highest BCUT2D eigenvalue weighted by Gasteiger charge is 2.04. The summed E-state index contributed by atoms with van der Waals surface area (Å²) in [6.45, 7) is 0.543. The zero-order valence-electron chi connectivity index (χ0n) is 14.9. The molecule has 0 aliphatic heterocycles. The van der Waals surface area contributed by atoms with E-state index in [4.69, 9.17) is 16.3 Å². The molecule has 0 fully saturated rings. The topological polar surface area (TPSA) is 63.6 Å². The van der Waals surface area contributed by atoms with Crippen LogP contribution in [0.2, 0.25) is 5.02 Å². The first-order chi connectivity index (χ1) is 13.7. The van der Waals surface area contributed by atoms with Gasteiger partial charge in [0.2, 0.25) is 0 Å². The molecule has 0 saturated carbocycles. The quantitative estimate of drug-likeness (QED) is 0.253. The van der Waals surface area contributed by atoms with E-state index in [9.17, 15) is 4.79 Å². The largest absolute Gasteiger partial charge is 0.492 e. The molecule has 3 rings (SSSR count). The van der Waals surface area contributed by atoms with Gasteiger partial charge in [0, 0.05) is 39.2 Å². The van der Waals surface area contributed by atoms with E-state index in [-0.39, 0.29) is 5.91 Å². The van der Waals surface area contributed by atoms with Crippen LogP contribution in [0, 0.1) is 0 Å². The third-order valence-corrected chi connectivity index (χ3v) is 4.88. The van der Waals surface area contributed by atoms with Crippen LogP contribution in [-0.4, -0.2) is 29.5 Å². The van der Waals surface area contributed by atoms with Gasteiger partial charge in [-0.15, -0.1) is 11.8 Å². The summed E-state index contributed by atoms with van der Waals surface area (Å²) < 4.78 is 5.87. The fourth-order valence-corrected chi connectivity index (χ4v) is 3.15. The lowest BCUT2D eigenvalue weighted by atomic mass is 10.2. The number of thioether (sulfide) groups is 1. The van der Waals surface area contributed by atoms with Crippen LogP contribution in [0.1, 0.15) is 15.9 Å². The monoisotopic (exact) mass is 411 g/mol. The van der Waals surface area contributed by atoms with Crippen molar-refractivity contribution in [2.75, 3.05) is 12.4 Å². The number of nitrogens with zero attached hydrogens (tertiary/aromatic N) is 2. The van der Waals surface area contributed by atoms with Crippen LogP contribution in [0.5, 0.6) is 5.75 Å². The molecule has 0 aliphatic rings. The summed E-state index contributed by atoms with van der Waals surface area (Å²) in [5.41, 5.74) is 3.78. The molecular formula is C21H18ClN3O2S. The van der Waals surface area contributed by atoms with Crippen molar-refractivity contribution in [3.05, 3.63) is 89.2 Å². The van der Waals surface area contributed by atoms with Crippen LogP contribution in [-0.2, 0) is 0 Å². The van der Waals surface area contributed by atoms with Crippen molar-refractivity contribution in [1.29, 1.82) is 0 Å². The Morgan fingerprint density at radius 1 is 1.11 bits per heavy atom. The molecule has 1 aromatic heterocycles. The average Bonchev–Trinajstić information content (AvgIpc) is 2.74. The van der Waals surface area contributed by atoms with Crippen LogP contribution in [0.15, 0.2) is 83.1 Å². The van der Waals surface area contributed by atoms with E-state index in [1.54, 1.807) is 42.5 Å². The maximum atomic E-state index is 12.0. The molecule has 0 radical (unpaired) electrons. The van der Waals surface area contributed by atoms with E-state index in [1.165, 1.54) is 0 Å². The Morgan fingerprint density at radius 3 is 2.64 bits per heavy atom. The number of hydrazone groups is 1. The van der Waals surface area contributed by atoms with Crippen LogP contribution in [0.25, 0.3) is 0 Å². The molecule has 0 atom stereocenters. The van der Waals surface area contributed by atoms with Crippen molar-refractivity contribution in [3.8, 4) is 5.75 Å². The molecule has 3 aromatic rings. The van der Waals surface area contributed by atoms with E-state index in [1.807, 2.05) is 48.5 Å². The van der Waals surface area contributed by atoms with Gasteiger partial charge in [-0.3, -0.25) is 9.78 Å². The number of para-hydroxylation sites is 1. The molecule has 7 heteroatoms. The Bertz CT molecular complexity index is 934. The second-order valence-electron chi connectivity index (χ2n) is 5.62. The van der Waals surface area contributed by atoms with Gasteiger partial charge in [-0.05, 0) is 48.5 Å². The maximum absolute atomic E-state index is 12.0. The minimum Gasteiger partial charge on any atom is -0.492 e. The van der Waals surface area contributed by atoms with Gasteiger partial charge in [0.05, 0.1) is 12.8 Å². The molecule has 0 unspecified atom stereocenters. The molecule has 0 bridgehead atoms. The van der Waals surface area contributed by atoms with Gasteiger partial charge >= 0.3 is 0 Å². The van der Waals surface area contributed by atoms with Gasteiger partial charge in [-0.25, -0.2) is 5.43 Å². The van der Waals surface area contributed by atoms with Crippen LogP contribution in [0.4, 0.5) is 0 Å². The normalized spacial score (nSPS) is 10.8. The number of aromatic nitrogens is 1. The van der Waals surface area contributed by atoms with Crippen LogP contribution >= 0.6 is 23.4 Å². The van der Waals surface area contributed by atoms with Crippen molar-refractivity contribution >= 4 is 35.5 Å². The zero-order valence-corrected chi connectivity index (χ0v) is 16.5. The first kappa shape index (κ1) is 19.9. The number of carbonyl (C=O) groups excluding carboxylic acids is 1. The first-order valence-electron chi connectivity index (χ1n) is 8.56. The fraction of sp³-hybridized carbons (Fsp3) is 0.0952. The molecule has 0 spiro atoms. The Hall–Kier alpha value is -2.83. The molecule has 1 heterocycles. The number of carbonyl (C=O) groups is 1. The fourth-order valence-electron chi connectivity index (χ4n) is 2.29. The maximum Gasteiger partial charge on any atom is 0.271 e. The van der Waals surface area contributed by atoms with Crippen molar-refractivity contribution in [1.82, 2.24) is 10.4 Å². The Labute approximate surface area is 172 Å². The second kappa shape index (κ2) is 10.5. The van der Waals surface area contributed by atoms with Crippen LogP contribution < -0.4 is 10.2 Å². The van der Waals surface area contributed by atoms with E-state index < -0.39 is 0 Å². The Balaban J connectivity index is 1.51. The number of pyridine rings is 1. The number of hydrogen-bond acceptors (Lipinski definition) is 5. The highest BCUT2D eigenvalue weighted by Crippen LogP contribution is 2.21. The summed E-state index contributed by atoms with van der Waals surface area (Å²) >= 11 is 7.59. The standard InChI is InChI=1S/C21H18ClN3O2S/c22-18-5-7-19(8-6-18)28-14-13-27-20-4-2-1-3-17(20)15-24-25-21(26)16-9-11-23-12-10-16/h1-12,15H,13-14H2,(H,25,26)/b24-15-. The number of amides is 1. The van der Waals surface area contributed by atoms with Gasteiger partial charge in [0.25, 0.3) is 5.91 Å². The van der Waals surface area contributed by atoms with Crippen molar-refractivity contribution in [2.24, 2.45) is 5.10 Å². The molecule has 2 aromatic carbocycles. The first-order valence-corrected chi connectivity index (χ1v) is 9.92. The molecule has 0 aliphatic carbocycles. The van der Waals surface area contributed by atoms with Gasteiger partial charge in [0.15, 0.2) is 0 Å². The third-order valence-electron chi connectivity index (χ3n) is 3.65. The average molecular weight is 412 g/mol. The predicted molar refractivity (Wildman–Crippen MR) is 113 cm³/mol. The summed E-state index contributed by atoms with van der Waals surface area (Å²) in [5, 5.41) is 4.75. The summed E-state index contributed by atoms with van der Waals surface area (Å²) in [7, 11) is 0. The SMILES string of the molecule is O=C(N/N=C\c1ccccc1OCCSc1ccc(Cl)cc1)c1ccncc1. The summed E-state index contributed by atoms with van der Waals surface area (Å²) in [6.07, 6.45) is 4.69. The number of hydrogen-bond donors (Lipinski definition) is 1. The summed E-state index contributed by atoms with van der Waals surface area (Å²) in [6, 6.07) is 18.5. The van der Waals surface area contributed by atoms with E-state index in [2.05, 4.69) is 15.5 Å². The van der Waals surface area contributed by atoms with Crippen molar-refractivity contribution < 1.29 is 9.53 Å². The van der Waals surface area contributed by atoms with Crippen molar-refractivity contribution in [3.63, 3.8) is 0 Å². The number of nitrogens with one attached hydrogen (secondary N) is 1. The number of benzene rings is 2. The minimum atomic E-state index is -0.295. The summed E-state index contributed by atoms with van der Waals surface area (Å²) in [4.78, 5) is 17.0. The molecular weight excluding hydrogens is 394 g/mol. The number of halogens is 1. The molecule has 28 heavy (non-hydrogen) atoms. The molecule has 1 amide bonds. The third kappa shape index (κ3) is 6.11. The lowest BCUT2D eigenvalue weighted by molar-refractivity contribution is 0.0955. The molecule has 142 valence electrons. The predicted octanol–water partition coefficient (Wildman–Crippen LogP) is 4.67. The van der Waals surface area contributed by atoms with E-state index >= 15 is 0 Å². The molecule has 5 nitrogen and oxygen atoms in total. The minimum absolute atomic E-state index is 0.295. The smallest absolute Gasteiger partial charge is 0.271 e.